The van der Waals surface area contributed by atoms with Crippen molar-refractivity contribution in [3.05, 3.63) is 48.2 Å². The predicted octanol–water partition coefficient (Wildman–Crippen LogP) is 6.30. The zero-order valence-corrected chi connectivity index (χ0v) is 43.0. The Bertz CT molecular complexity index is 2030. The summed E-state index contributed by atoms with van der Waals surface area (Å²) in [6.45, 7) is 19.1. The Morgan fingerprint density at radius 2 is 1.59 bits per heavy atom. The first kappa shape index (κ1) is 55.5. The van der Waals surface area contributed by atoms with Crippen molar-refractivity contribution in [3.63, 3.8) is 0 Å². The molecule has 2 aromatic rings. The molecule has 1 aromatic heterocycles. The molecule has 0 radical (unpaired) electrons. The number of aliphatic hydroxyl groups is 2. The van der Waals surface area contributed by atoms with Gasteiger partial charge in [-0.25, -0.2) is 0 Å². The molecule has 1 unspecified atom stereocenters. The molecule has 0 saturated carbocycles. The number of pyridine rings is 1. The number of esters is 2. The Kier molecular flexibility index (Phi) is 18.9. The summed E-state index contributed by atoms with van der Waals surface area (Å²) in [5.41, 5.74) is -2.48. The summed E-state index contributed by atoms with van der Waals surface area (Å²) in [7, 11) is 6.84. The van der Waals surface area contributed by atoms with Crippen molar-refractivity contribution in [2.45, 2.75) is 186 Å². The van der Waals surface area contributed by atoms with E-state index in [4.69, 9.17) is 42.6 Å². The van der Waals surface area contributed by atoms with Crippen molar-refractivity contribution in [1.29, 1.82) is 0 Å². The average molecular weight is 957 g/mol. The third kappa shape index (κ3) is 12.5. The summed E-state index contributed by atoms with van der Waals surface area (Å²) in [5.74, 6) is -4.77. The first-order valence-electron chi connectivity index (χ1n) is 24.2. The van der Waals surface area contributed by atoms with Gasteiger partial charge in [0, 0.05) is 62.9 Å². The molecule has 0 aliphatic carbocycles. The number of rotatable bonds is 13. The van der Waals surface area contributed by atoms with Crippen LogP contribution in [0.25, 0.3) is 17.0 Å². The van der Waals surface area contributed by atoms with Gasteiger partial charge in [0.05, 0.1) is 54.2 Å². The van der Waals surface area contributed by atoms with Crippen LogP contribution in [0, 0.1) is 23.7 Å². The molecule has 3 fully saturated rings. The number of carbonyl (C=O) groups excluding carboxylic acids is 3. The minimum atomic E-state index is -1.86. The fourth-order valence-corrected chi connectivity index (χ4v) is 10.8. The number of benzene rings is 1. The molecule has 0 bridgehead atoms. The first-order valence-corrected chi connectivity index (χ1v) is 24.2. The van der Waals surface area contributed by atoms with E-state index in [1.54, 1.807) is 46.9 Å². The molecular weight excluding hydrogens is 877 g/mol. The van der Waals surface area contributed by atoms with Crippen LogP contribution in [0.5, 0.6) is 0 Å². The van der Waals surface area contributed by atoms with Crippen LogP contribution in [0.2, 0.25) is 0 Å². The van der Waals surface area contributed by atoms with Gasteiger partial charge in [-0.2, -0.15) is 0 Å². The molecule has 2 N–H and O–H groups in total. The van der Waals surface area contributed by atoms with E-state index in [1.807, 2.05) is 90.0 Å². The Labute approximate surface area is 403 Å². The summed E-state index contributed by atoms with van der Waals surface area (Å²) < 4.78 is 57.6. The number of aromatic nitrogens is 1. The lowest BCUT2D eigenvalue weighted by atomic mass is 9.73. The van der Waals surface area contributed by atoms with Crippen LogP contribution in [0.3, 0.4) is 0 Å². The van der Waals surface area contributed by atoms with Crippen LogP contribution in [0.1, 0.15) is 107 Å². The Morgan fingerprint density at radius 3 is 2.22 bits per heavy atom. The van der Waals surface area contributed by atoms with Gasteiger partial charge in [-0.1, -0.05) is 58.0 Å². The predicted molar refractivity (Wildman–Crippen MR) is 255 cm³/mol. The molecule has 3 aliphatic heterocycles. The maximum Gasteiger partial charge on any atom is 0.311 e. The van der Waals surface area contributed by atoms with Crippen LogP contribution < -0.4 is 0 Å². The van der Waals surface area contributed by atoms with Crippen molar-refractivity contribution < 1.29 is 67.2 Å². The lowest BCUT2D eigenvalue weighted by molar-refractivity contribution is -0.320. The normalized spacial score (nSPS) is 40.3. The minimum Gasteiger partial charge on any atom is -0.459 e. The van der Waals surface area contributed by atoms with Crippen LogP contribution in [-0.2, 0) is 57.0 Å². The number of fused-ring (bicyclic) bond motifs is 1. The molecule has 68 heavy (non-hydrogen) atoms. The number of hydrogen-bond acceptors (Lipinski definition) is 16. The fraction of sp³-hybridized carbons (Fsp3) is 0.731. The number of likely N-dealkylation sites (N-methyl/N-ethyl adjacent to an activating group) is 1. The molecule has 4 heterocycles. The highest BCUT2D eigenvalue weighted by atomic mass is 16.7. The molecule has 0 amide bonds. The number of cyclic esters (lactones) is 1. The van der Waals surface area contributed by atoms with Crippen molar-refractivity contribution in [3.8, 4) is 0 Å². The van der Waals surface area contributed by atoms with Gasteiger partial charge in [-0.05, 0) is 92.6 Å². The van der Waals surface area contributed by atoms with Crippen LogP contribution in [0.15, 0.2) is 42.6 Å². The maximum atomic E-state index is 14.9. The van der Waals surface area contributed by atoms with Crippen LogP contribution in [-0.4, -0.2) is 157 Å². The topological polar surface area (TPSA) is 191 Å². The highest BCUT2D eigenvalue weighted by Crippen LogP contribution is 2.42. The Hall–Kier alpha value is -3.42. The second kappa shape index (κ2) is 23.2. The smallest absolute Gasteiger partial charge is 0.311 e. The molecule has 3 aliphatic rings. The van der Waals surface area contributed by atoms with Crippen LogP contribution in [0.4, 0.5) is 0 Å². The summed E-state index contributed by atoms with van der Waals surface area (Å²) >= 11 is 0. The van der Waals surface area contributed by atoms with Gasteiger partial charge < -0.3 is 57.7 Å². The molecular formula is C52H80N2O14. The number of hydrogen-bond donors (Lipinski definition) is 2. The number of methoxy groups -OCH3 is 2. The molecule has 16 heteroatoms. The van der Waals surface area contributed by atoms with Crippen molar-refractivity contribution in [2.75, 3.05) is 34.9 Å². The van der Waals surface area contributed by atoms with Gasteiger partial charge in [-0.15, -0.1) is 0 Å². The van der Waals surface area contributed by atoms with Gasteiger partial charge in [0.25, 0.3) is 0 Å². The number of ketones is 1. The van der Waals surface area contributed by atoms with E-state index in [0.717, 1.165) is 16.5 Å². The van der Waals surface area contributed by atoms with E-state index in [0.29, 0.717) is 6.42 Å². The van der Waals surface area contributed by atoms with Gasteiger partial charge in [0.2, 0.25) is 0 Å². The monoisotopic (exact) mass is 957 g/mol. The van der Waals surface area contributed by atoms with Gasteiger partial charge in [0.15, 0.2) is 18.7 Å². The van der Waals surface area contributed by atoms with Gasteiger partial charge in [-0.3, -0.25) is 19.4 Å². The van der Waals surface area contributed by atoms with E-state index in [-0.39, 0.29) is 43.8 Å². The molecule has 1 aromatic carbocycles. The van der Waals surface area contributed by atoms with E-state index < -0.39 is 108 Å². The standard InChI is InChI=1S/C52H80N2O14/c1-16-40-52(11,59)46(62-23-19-20-36-25-37-21-17-18-22-38(37)53-28-36)31(4)42(56)29(2)26-50(9,60-14)45(68-49-43(57)39(54(12)13)24-30(3)63-49)32(5)44(33(6)48(58)66-40)67-41-27-51(10,61-15)47(34(7)64-41)65-35(8)55/h17-22,25,28-34,39-41,43-47,49,57,59H,16,23-24,26-27H2,1-15H3/b20-19+/t29-,30-,31+,32+,33-,34+,39+,40-,41+,43-,44+,45-,46-,47+,49?,50+,51-,52-/m1/s1. The number of nitrogens with zero attached hydrogens (tertiary/aromatic N) is 2. The van der Waals surface area contributed by atoms with Crippen molar-refractivity contribution in [1.82, 2.24) is 9.88 Å². The fourth-order valence-electron chi connectivity index (χ4n) is 10.8. The van der Waals surface area contributed by atoms with E-state index in [1.165, 1.54) is 21.1 Å². The second-order valence-corrected chi connectivity index (χ2v) is 20.4. The van der Waals surface area contributed by atoms with E-state index in [9.17, 15) is 24.6 Å². The van der Waals surface area contributed by atoms with E-state index >= 15 is 0 Å². The molecule has 0 spiro atoms. The summed E-state index contributed by atoms with van der Waals surface area (Å²) in [5, 5.41) is 25.4. The zero-order valence-electron chi connectivity index (χ0n) is 43.0. The highest BCUT2D eigenvalue weighted by molar-refractivity contribution is 5.84. The third-order valence-corrected chi connectivity index (χ3v) is 14.8. The lowest BCUT2D eigenvalue weighted by Crippen LogP contribution is -2.62. The Morgan fingerprint density at radius 1 is 0.926 bits per heavy atom. The van der Waals surface area contributed by atoms with Gasteiger partial charge >= 0.3 is 11.9 Å². The largest absolute Gasteiger partial charge is 0.459 e. The van der Waals surface area contributed by atoms with Gasteiger partial charge in [0.1, 0.15) is 29.2 Å². The number of carbonyl (C=O) groups is 3. The van der Waals surface area contributed by atoms with Crippen LogP contribution >= 0.6 is 0 Å². The maximum absolute atomic E-state index is 14.9. The number of aliphatic hydroxyl groups excluding tert-OH is 1. The summed E-state index contributed by atoms with van der Waals surface area (Å²) in [4.78, 5) is 48.4. The summed E-state index contributed by atoms with van der Waals surface area (Å²) in [6.07, 6.45) is -2.86. The molecule has 18 atom stereocenters. The quantitative estimate of drug-likeness (QED) is 0.213. The highest BCUT2D eigenvalue weighted by Gasteiger charge is 2.55. The number of ether oxygens (including phenoxy) is 9. The first-order chi connectivity index (χ1) is 31.9. The number of para-hydroxylation sites is 1. The SMILES string of the molecule is CC[C@H]1OC(=O)[C@H](C)[C@@H](O[C@H]2C[C@@](C)(OC)[C@@H](OC(C)=O)[C@H](C)O2)[C@H](C)[C@@H](OC2O[C@H](C)C[C@H](N(C)C)[C@H]2O)[C@@](C)(OC)C[C@@H](C)C(=O)[C@H](C)[C@@H](OC/C=C/c2cnc3ccccc3c2)[C@]1(C)O. The third-order valence-electron chi connectivity index (χ3n) is 14.8. The molecule has 5 rings (SSSR count). The van der Waals surface area contributed by atoms with Crippen molar-refractivity contribution in [2.24, 2.45) is 23.7 Å². The molecule has 382 valence electrons. The molecule has 16 nitrogen and oxygen atoms in total. The summed E-state index contributed by atoms with van der Waals surface area (Å²) in [6, 6.07) is 9.52. The van der Waals surface area contributed by atoms with E-state index in [2.05, 4.69) is 4.98 Å². The zero-order chi connectivity index (χ0) is 50.5. The second-order valence-electron chi connectivity index (χ2n) is 20.4. The minimum absolute atomic E-state index is 0.0220. The Balaban J connectivity index is 1.58. The average Bonchev–Trinajstić information content (AvgIpc) is 3.29. The van der Waals surface area contributed by atoms with Crippen molar-refractivity contribution >= 4 is 34.7 Å². The lowest BCUT2D eigenvalue weighted by Gasteiger charge is -2.50. The molecule has 3 saturated heterocycles. The number of Topliss-reactive ketones (excluding diaryl/α,β-unsaturated/α-hetero) is 1.